The molecule has 0 saturated carbocycles. The summed E-state index contributed by atoms with van der Waals surface area (Å²) < 4.78 is 0. The highest BCUT2D eigenvalue weighted by Gasteiger charge is 2.20. The minimum absolute atomic E-state index is 0.342. The lowest BCUT2D eigenvalue weighted by atomic mass is 9.93. The topological polar surface area (TPSA) is 34.1 Å². The molecule has 2 nitrogen and oxygen atoms in total. The Labute approximate surface area is 90.4 Å². The Morgan fingerprint density at radius 3 is 2.67 bits per heavy atom. The van der Waals surface area contributed by atoms with E-state index < -0.39 is 5.78 Å². The average molecular weight is 204 g/mol. The molecule has 2 heteroatoms. The summed E-state index contributed by atoms with van der Waals surface area (Å²) in [5.41, 5.74) is 1.14. The van der Waals surface area contributed by atoms with Gasteiger partial charge in [-0.15, -0.1) is 0 Å². The molecule has 1 aliphatic rings. The molecule has 0 radical (unpaired) electrons. The van der Waals surface area contributed by atoms with Gasteiger partial charge in [0.15, 0.2) is 0 Å². The van der Waals surface area contributed by atoms with Crippen LogP contribution in [0.25, 0.3) is 0 Å². The van der Waals surface area contributed by atoms with Gasteiger partial charge in [-0.2, -0.15) is 0 Å². The van der Waals surface area contributed by atoms with E-state index in [0.29, 0.717) is 11.1 Å². The van der Waals surface area contributed by atoms with E-state index in [0.717, 1.165) is 25.7 Å². The maximum atomic E-state index is 11.7. The molecule has 15 heavy (non-hydrogen) atoms. The smallest absolute Gasteiger partial charge is 0.228 e. The predicted molar refractivity (Wildman–Crippen MR) is 60.5 cm³/mol. The Morgan fingerprint density at radius 1 is 1.40 bits per heavy atom. The maximum Gasteiger partial charge on any atom is 0.228 e. The Kier molecular flexibility index (Phi) is 4.22. The van der Waals surface area contributed by atoms with Gasteiger partial charge in [0.05, 0.1) is 0 Å². The monoisotopic (exact) mass is 204 g/mol. The zero-order chi connectivity index (χ0) is 11.3. The third kappa shape index (κ3) is 3.01. The van der Waals surface area contributed by atoms with Gasteiger partial charge in [-0.05, 0) is 38.2 Å². The third-order valence-electron chi connectivity index (χ3n) is 2.51. The normalized spacial score (nSPS) is 16.9. The summed E-state index contributed by atoms with van der Waals surface area (Å²) in [6, 6.07) is 0. The van der Waals surface area contributed by atoms with Crippen LogP contribution in [0.4, 0.5) is 0 Å². The third-order valence-corrected chi connectivity index (χ3v) is 2.51. The molecule has 0 heterocycles. The van der Waals surface area contributed by atoms with Gasteiger partial charge in [0.25, 0.3) is 0 Å². The van der Waals surface area contributed by atoms with Crippen LogP contribution in [0.15, 0.2) is 36.0 Å². The number of carbonyl (C=O) groups excluding carboxylic acids is 2. The van der Waals surface area contributed by atoms with Crippen LogP contribution < -0.4 is 0 Å². The lowest BCUT2D eigenvalue weighted by Gasteiger charge is -2.10. The van der Waals surface area contributed by atoms with E-state index in [1.807, 2.05) is 6.08 Å². The van der Waals surface area contributed by atoms with E-state index in [1.54, 1.807) is 13.0 Å². The molecule has 0 amide bonds. The van der Waals surface area contributed by atoms with Crippen molar-refractivity contribution in [1.82, 2.24) is 0 Å². The average Bonchev–Trinajstić information content (AvgIpc) is 2.28. The van der Waals surface area contributed by atoms with Gasteiger partial charge in [-0.3, -0.25) is 9.59 Å². The molecule has 0 saturated heterocycles. The molecule has 0 aliphatic heterocycles. The van der Waals surface area contributed by atoms with Gasteiger partial charge in [0.2, 0.25) is 11.6 Å². The molecule has 0 fully saturated rings. The Morgan fingerprint density at radius 2 is 2.13 bits per heavy atom. The largest absolute Gasteiger partial charge is 0.285 e. The summed E-state index contributed by atoms with van der Waals surface area (Å²) in [7, 11) is 0. The van der Waals surface area contributed by atoms with Crippen molar-refractivity contribution in [3.05, 3.63) is 36.0 Å². The van der Waals surface area contributed by atoms with Crippen LogP contribution in [0.5, 0.6) is 0 Å². The molecule has 0 spiro atoms. The first-order chi connectivity index (χ1) is 7.16. The highest BCUT2D eigenvalue weighted by molar-refractivity contribution is 6.48. The molecule has 0 bridgehead atoms. The number of allylic oxidation sites excluding steroid dienone is 5. The zero-order valence-electron chi connectivity index (χ0n) is 9.08. The first kappa shape index (κ1) is 11.6. The number of hydrogen-bond acceptors (Lipinski definition) is 2. The van der Waals surface area contributed by atoms with E-state index in [4.69, 9.17) is 0 Å². The van der Waals surface area contributed by atoms with Crippen molar-refractivity contribution < 1.29 is 9.59 Å². The van der Waals surface area contributed by atoms with Crippen LogP contribution in [-0.2, 0) is 9.59 Å². The molecular formula is C13H16O2. The van der Waals surface area contributed by atoms with E-state index >= 15 is 0 Å². The quantitative estimate of drug-likeness (QED) is 0.401. The molecule has 0 N–H and O–H groups in total. The molecule has 0 unspecified atom stereocenters. The van der Waals surface area contributed by atoms with Crippen LogP contribution in [0.2, 0.25) is 0 Å². The maximum absolute atomic E-state index is 11.7. The Bertz CT molecular complexity index is 346. The second kappa shape index (κ2) is 5.44. The first-order valence-corrected chi connectivity index (χ1v) is 5.24. The summed E-state index contributed by atoms with van der Waals surface area (Å²) in [4.78, 5) is 23.3. The lowest BCUT2D eigenvalue weighted by molar-refractivity contribution is -0.132. The van der Waals surface area contributed by atoms with Crippen molar-refractivity contribution in [3.8, 4) is 0 Å². The summed E-state index contributed by atoms with van der Waals surface area (Å²) in [5.74, 6) is -0.742. The number of hydrogen-bond donors (Lipinski definition) is 0. The molecular weight excluding hydrogens is 188 g/mol. The summed E-state index contributed by atoms with van der Waals surface area (Å²) in [6.07, 6.45) is 8.77. The van der Waals surface area contributed by atoms with E-state index in [2.05, 4.69) is 6.58 Å². The molecule has 80 valence electrons. The van der Waals surface area contributed by atoms with Crippen molar-refractivity contribution in [2.24, 2.45) is 0 Å². The minimum atomic E-state index is -0.400. The van der Waals surface area contributed by atoms with E-state index in [1.165, 1.54) is 6.08 Å². The zero-order valence-corrected chi connectivity index (χ0v) is 9.08. The fourth-order valence-electron chi connectivity index (χ4n) is 1.62. The number of carbonyl (C=O) groups is 2. The van der Waals surface area contributed by atoms with Crippen LogP contribution >= 0.6 is 0 Å². The predicted octanol–water partition coefficient (Wildman–Crippen LogP) is 2.76. The van der Waals surface area contributed by atoms with Crippen molar-refractivity contribution in [2.45, 2.75) is 32.6 Å². The highest BCUT2D eigenvalue weighted by atomic mass is 16.2. The van der Waals surface area contributed by atoms with Crippen LogP contribution in [-0.4, -0.2) is 11.6 Å². The van der Waals surface area contributed by atoms with Gasteiger partial charge in [-0.25, -0.2) is 0 Å². The van der Waals surface area contributed by atoms with Gasteiger partial charge < -0.3 is 0 Å². The van der Waals surface area contributed by atoms with Gasteiger partial charge in [0, 0.05) is 5.57 Å². The Hall–Kier alpha value is -1.44. The summed E-state index contributed by atoms with van der Waals surface area (Å²) in [5, 5.41) is 0. The number of ketones is 2. The van der Waals surface area contributed by atoms with Crippen LogP contribution in [0, 0.1) is 0 Å². The molecule has 0 aromatic rings. The lowest BCUT2D eigenvalue weighted by Crippen LogP contribution is -2.18. The molecule has 0 aromatic carbocycles. The summed E-state index contributed by atoms with van der Waals surface area (Å²) in [6.45, 7) is 5.14. The standard InChI is InChI=1S/C13H16O2/c1-3-7-10(2)12(14)13(15)11-8-5-4-6-9-11/h3,7-8H,1,4-6,9H2,2H3/b10-7+. The molecule has 1 aliphatic carbocycles. The minimum Gasteiger partial charge on any atom is -0.285 e. The highest BCUT2D eigenvalue weighted by Crippen LogP contribution is 2.19. The molecule has 0 aromatic heterocycles. The van der Waals surface area contributed by atoms with Gasteiger partial charge >= 0.3 is 0 Å². The summed E-state index contributed by atoms with van der Waals surface area (Å²) >= 11 is 0. The van der Waals surface area contributed by atoms with Crippen LogP contribution in [0.3, 0.4) is 0 Å². The fraction of sp³-hybridized carbons (Fsp3) is 0.385. The van der Waals surface area contributed by atoms with Crippen molar-refractivity contribution >= 4 is 11.6 Å². The van der Waals surface area contributed by atoms with E-state index in [9.17, 15) is 9.59 Å². The molecule has 0 atom stereocenters. The SMILES string of the molecule is C=C/C=C(\C)C(=O)C(=O)C1=CCCCC1. The first-order valence-electron chi connectivity index (χ1n) is 5.24. The number of rotatable bonds is 4. The van der Waals surface area contributed by atoms with Crippen LogP contribution in [0.1, 0.15) is 32.6 Å². The fourth-order valence-corrected chi connectivity index (χ4v) is 1.62. The van der Waals surface area contributed by atoms with Gasteiger partial charge in [-0.1, -0.05) is 24.8 Å². The van der Waals surface area contributed by atoms with Crippen molar-refractivity contribution in [2.75, 3.05) is 0 Å². The second-order valence-corrected chi connectivity index (χ2v) is 3.72. The van der Waals surface area contributed by atoms with Gasteiger partial charge in [0.1, 0.15) is 0 Å². The van der Waals surface area contributed by atoms with E-state index in [-0.39, 0.29) is 5.78 Å². The Balaban J connectivity index is 2.76. The van der Waals surface area contributed by atoms with Crippen molar-refractivity contribution in [3.63, 3.8) is 0 Å². The second-order valence-electron chi connectivity index (χ2n) is 3.72. The van der Waals surface area contributed by atoms with Crippen molar-refractivity contribution in [1.29, 1.82) is 0 Å². The molecule has 1 rings (SSSR count). The number of Topliss-reactive ketones (excluding diaryl/α,β-unsaturated/α-hetero) is 2.